The number of Topliss-reactive ketones (excluding diaryl/α,β-unsaturated/α-hetero) is 2. The second-order valence-corrected chi connectivity index (χ2v) is 4.82. The summed E-state index contributed by atoms with van der Waals surface area (Å²) in [6.07, 6.45) is -0.204. The number of phenolic OH excluding ortho intramolecular Hbond substituents is 1. The lowest BCUT2D eigenvalue weighted by Crippen LogP contribution is -2.30. The van der Waals surface area contributed by atoms with Gasteiger partial charge in [0.25, 0.3) is 5.91 Å². The Morgan fingerprint density at radius 2 is 1.71 bits per heavy atom. The van der Waals surface area contributed by atoms with Gasteiger partial charge in [0.15, 0.2) is 5.78 Å². The minimum absolute atomic E-state index is 0.101. The maximum absolute atomic E-state index is 12.0. The van der Waals surface area contributed by atoms with Crippen molar-refractivity contribution in [1.82, 2.24) is 5.32 Å². The number of ketones is 2. The van der Waals surface area contributed by atoms with E-state index in [0.717, 1.165) is 10.8 Å². The molecule has 0 saturated heterocycles. The molecule has 2 aromatic rings. The number of carbonyl (C=O) groups excluding carboxylic acids is 3. The van der Waals surface area contributed by atoms with Crippen LogP contribution in [0.5, 0.6) is 5.75 Å². The molecule has 21 heavy (non-hydrogen) atoms. The number of rotatable bonds is 5. The van der Waals surface area contributed by atoms with Crippen molar-refractivity contribution >= 4 is 28.2 Å². The van der Waals surface area contributed by atoms with Gasteiger partial charge in [-0.3, -0.25) is 14.4 Å². The van der Waals surface area contributed by atoms with E-state index in [1.165, 1.54) is 13.0 Å². The quantitative estimate of drug-likeness (QED) is 0.821. The molecule has 0 atom stereocenters. The molecule has 1 amide bonds. The summed E-state index contributed by atoms with van der Waals surface area (Å²) < 4.78 is 0. The van der Waals surface area contributed by atoms with Crippen LogP contribution in [0.2, 0.25) is 0 Å². The van der Waals surface area contributed by atoms with E-state index < -0.39 is 5.91 Å². The zero-order valence-electron chi connectivity index (χ0n) is 11.6. The van der Waals surface area contributed by atoms with Gasteiger partial charge in [-0.05, 0) is 29.8 Å². The third kappa shape index (κ3) is 3.66. The molecule has 0 aliphatic carbocycles. The second-order valence-electron chi connectivity index (χ2n) is 4.82. The number of amides is 1. The van der Waals surface area contributed by atoms with Gasteiger partial charge in [0.1, 0.15) is 11.5 Å². The second kappa shape index (κ2) is 6.17. The summed E-state index contributed by atoms with van der Waals surface area (Å²) in [5.74, 6) is -1.31. The molecule has 0 spiro atoms. The van der Waals surface area contributed by atoms with E-state index in [-0.39, 0.29) is 35.8 Å². The molecule has 2 aromatic carbocycles. The Labute approximate surface area is 121 Å². The van der Waals surface area contributed by atoms with E-state index in [9.17, 15) is 19.5 Å². The van der Waals surface area contributed by atoms with Crippen molar-refractivity contribution in [2.45, 2.75) is 13.3 Å². The summed E-state index contributed by atoms with van der Waals surface area (Å²) in [6.45, 7) is 1.08. The van der Waals surface area contributed by atoms with Gasteiger partial charge < -0.3 is 10.4 Å². The third-order valence-corrected chi connectivity index (χ3v) is 3.00. The van der Waals surface area contributed by atoms with E-state index in [1.54, 1.807) is 6.07 Å². The van der Waals surface area contributed by atoms with Crippen LogP contribution in [-0.2, 0) is 9.59 Å². The number of aromatic hydroxyl groups is 1. The van der Waals surface area contributed by atoms with Gasteiger partial charge >= 0.3 is 0 Å². The number of hydrogen-bond donors (Lipinski definition) is 2. The third-order valence-electron chi connectivity index (χ3n) is 3.00. The van der Waals surface area contributed by atoms with Gasteiger partial charge in [-0.2, -0.15) is 0 Å². The van der Waals surface area contributed by atoms with E-state index in [0.29, 0.717) is 0 Å². The first kappa shape index (κ1) is 14.7. The highest BCUT2D eigenvalue weighted by atomic mass is 16.3. The molecule has 0 unspecified atom stereocenters. The summed E-state index contributed by atoms with van der Waals surface area (Å²) in [5.41, 5.74) is 0.101. The highest BCUT2D eigenvalue weighted by Gasteiger charge is 2.14. The average molecular weight is 285 g/mol. The van der Waals surface area contributed by atoms with Crippen LogP contribution in [0.25, 0.3) is 10.8 Å². The topological polar surface area (TPSA) is 83.5 Å². The van der Waals surface area contributed by atoms with Crippen LogP contribution in [0.1, 0.15) is 23.7 Å². The Bertz CT molecular complexity index is 721. The molecule has 108 valence electrons. The van der Waals surface area contributed by atoms with Crippen LogP contribution < -0.4 is 5.32 Å². The summed E-state index contributed by atoms with van der Waals surface area (Å²) in [5, 5.41) is 13.9. The van der Waals surface area contributed by atoms with Crippen LogP contribution in [0.3, 0.4) is 0 Å². The molecule has 5 heteroatoms. The van der Waals surface area contributed by atoms with E-state index in [4.69, 9.17) is 0 Å². The van der Waals surface area contributed by atoms with Crippen LogP contribution >= 0.6 is 0 Å². The van der Waals surface area contributed by atoms with Crippen molar-refractivity contribution in [3.05, 3.63) is 42.0 Å². The Morgan fingerprint density at radius 1 is 1.10 bits per heavy atom. The van der Waals surface area contributed by atoms with Crippen molar-refractivity contribution in [2.75, 3.05) is 6.54 Å². The lowest BCUT2D eigenvalue weighted by molar-refractivity contribution is -0.125. The van der Waals surface area contributed by atoms with Crippen molar-refractivity contribution in [2.24, 2.45) is 0 Å². The molecule has 0 aliphatic heterocycles. The molecule has 5 nitrogen and oxygen atoms in total. The van der Waals surface area contributed by atoms with Crippen molar-refractivity contribution in [3.63, 3.8) is 0 Å². The number of carbonyl (C=O) groups is 3. The summed E-state index contributed by atoms with van der Waals surface area (Å²) in [7, 11) is 0. The number of fused-ring (bicyclic) bond motifs is 1. The number of benzene rings is 2. The number of nitrogens with one attached hydrogen (secondary N) is 1. The smallest absolute Gasteiger partial charge is 0.255 e. The first-order chi connectivity index (χ1) is 9.97. The lowest BCUT2D eigenvalue weighted by atomic mass is 10.1. The maximum atomic E-state index is 12.0. The summed E-state index contributed by atoms with van der Waals surface area (Å²) >= 11 is 0. The summed E-state index contributed by atoms with van der Waals surface area (Å²) in [4.78, 5) is 34.2. The molecule has 0 heterocycles. The van der Waals surface area contributed by atoms with Crippen molar-refractivity contribution < 1.29 is 19.5 Å². The molecular weight excluding hydrogens is 270 g/mol. The van der Waals surface area contributed by atoms with Crippen LogP contribution in [0.15, 0.2) is 36.4 Å². The minimum atomic E-state index is -0.546. The zero-order chi connectivity index (χ0) is 15.4. The SMILES string of the molecule is CC(=O)CC(=O)CNC(=O)c1cc2ccccc2cc1O. The fourth-order valence-corrected chi connectivity index (χ4v) is 2.02. The lowest BCUT2D eigenvalue weighted by Gasteiger charge is -2.07. The zero-order valence-corrected chi connectivity index (χ0v) is 11.6. The first-order valence-electron chi connectivity index (χ1n) is 6.48. The Balaban J connectivity index is 2.14. The molecule has 0 saturated carbocycles. The molecule has 0 fully saturated rings. The molecule has 0 bridgehead atoms. The van der Waals surface area contributed by atoms with E-state index >= 15 is 0 Å². The Morgan fingerprint density at radius 3 is 2.33 bits per heavy atom. The predicted molar refractivity (Wildman–Crippen MR) is 78.3 cm³/mol. The highest BCUT2D eigenvalue weighted by Crippen LogP contribution is 2.24. The molecule has 0 aliphatic rings. The Kier molecular flexibility index (Phi) is 4.33. The van der Waals surface area contributed by atoms with Gasteiger partial charge in [-0.1, -0.05) is 24.3 Å². The fourth-order valence-electron chi connectivity index (χ4n) is 2.02. The molecular formula is C16H15NO4. The normalized spacial score (nSPS) is 10.3. The maximum Gasteiger partial charge on any atom is 0.255 e. The molecule has 0 aromatic heterocycles. The fraction of sp³-hybridized carbons (Fsp3) is 0.188. The van der Waals surface area contributed by atoms with Crippen LogP contribution in [-0.4, -0.2) is 29.1 Å². The van der Waals surface area contributed by atoms with Crippen LogP contribution in [0, 0.1) is 0 Å². The molecule has 0 radical (unpaired) electrons. The highest BCUT2D eigenvalue weighted by molar-refractivity contribution is 6.04. The average Bonchev–Trinajstić information content (AvgIpc) is 2.43. The van der Waals surface area contributed by atoms with Gasteiger partial charge in [-0.15, -0.1) is 0 Å². The van der Waals surface area contributed by atoms with Gasteiger partial charge in [0, 0.05) is 0 Å². The first-order valence-corrected chi connectivity index (χ1v) is 6.48. The van der Waals surface area contributed by atoms with Gasteiger partial charge in [0.2, 0.25) is 0 Å². The van der Waals surface area contributed by atoms with E-state index in [2.05, 4.69) is 5.32 Å². The molecule has 2 rings (SSSR count). The van der Waals surface area contributed by atoms with Gasteiger partial charge in [-0.25, -0.2) is 0 Å². The standard InChI is InChI=1S/C16H15NO4/c1-10(18)6-13(19)9-17-16(21)14-7-11-4-2-3-5-12(11)8-15(14)20/h2-5,7-8,20H,6,9H2,1H3,(H,17,21). The van der Waals surface area contributed by atoms with Crippen molar-refractivity contribution in [3.8, 4) is 5.75 Å². The van der Waals surface area contributed by atoms with E-state index in [1.807, 2.05) is 24.3 Å². The minimum Gasteiger partial charge on any atom is -0.507 e. The van der Waals surface area contributed by atoms with Crippen LogP contribution in [0.4, 0.5) is 0 Å². The Hall–Kier alpha value is -2.69. The largest absolute Gasteiger partial charge is 0.507 e. The summed E-state index contributed by atoms with van der Waals surface area (Å²) in [6, 6.07) is 10.4. The monoisotopic (exact) mass is 285 g/mol. The number of phenols is 1. The number of hydrogen-bond acceptors (Lipinski definition) is 4. The molecule has 2 N–H and O–H groups in total. The predicted octanol–water partition coefficient (Wildman–Crippen LogP) is 1.82. The van der Waals surface area contributed by atoms with Crippen molar-refractivity contribution in [1.29, 1.82) is 0 Å². The van der Waals surface area contributed by atoms with Gasteiger partial charge in [0.05, 0.1) is 18.5 Å².